The van der Waals surface area contributed by atoms with Crippen LogP contribution in [0.5, 0.6) is 11.5 Å². The van der Waals surface area contributed by atoms with Gasteiger partial charge in [-0.05, 0) is 56.3 Å². The highest BCUT2D eigenvalue weighted by Crippen LogP contribution is 2.27. The number of rotatable bonds is 7. The van der Waals surface area contributed by atoms with E-state index in [1.807, 2.05) is 32.0 Å². The van der Waals surface area contributed by atoms with E-state index in [0.29, 0.717) is 28.3 Å². The first-order valence-corrected chi connectivity index (χ1v) is 9.92. The molecule has 0 heterocycles. The molecule has 3 aromatic rings. The van der Waals surface area contributed by atoms with Crippen molar-refractivity contribution in [1.29, 1.82) is 0 Å². The topological polar surface area (TPSA) is 76.7 Å². The number of benzene rings is 3. The first-order valence-electron chi connectivity index (χ1n) is 9.92. The monoisotopic (exact) mass is 418 g/mol. The maximum absolute atomic E-state index is 13.0. The Bertz CT molecular complexity index is 1080. The van der Waals surface area contributed by atoms with Crippen molar-refractivity contribution in [2.45, 2.75) is 19.9 Å². The maximum atomic E-state index is 13.0. The van der Waals surface area contributed by atoms with Gasteiger partial charge in [0.25, 0.3) is 11.8 Å². The molecule has 0 aliphatic rings. The lowest BCUT2D eigenvalue weighted by Crippen LogP contribution is -2.28. The normalized spacial score (nSPS) is 11.4. The zero-order valence-electron chi connectivity index (χ0n) is 18.1. The molecule has 0 aliphatic heterocycles. The van der Waals surface area contributed by atoms with E-state index < -0.39 is 0 Å². The molecule has 0 radical (unpaired) electrons. The van der Waals surface area contributed by atoms with E-state index in [4.69, 9.17) is 9.47 Å². The van der Waals surface area contributed by atoms with Crippen molar-refractivity contribution in [2.24, 2.45) is 0 Å². The average Bonchev–Trinajstić information content (AvgIpc) is 2.79. The second-order valence-corrected chi connectivity index (χ2v) is 7.17. The molecule has 31 heavy (non-hydrogen) atoms. The summed E-state index contributed by atoms with van der Waals surface area (Å²) in [5.41, 5.74) is 3.24. The van der Waals surface area contributed by atoms with Gasteiger partial charge in [0.1, 0.15) is 11.5 Å². The molecule has 0 aromatic heterocycles. The van der Waals surface area contributed by atoms with Crippen LogP contribution in [0.25, 0.3) is 0 Å². The van der Waals surface area contributed by atoms with E-state index in [9.17, 15) is 9.59 Å². The lowest BCUT2D eigenvalue weighted by atomic mass is 10.0. The van der Waals surface area contributed by atoms with Crippen LogP contribution in [0.15, 0.2) is 66.7 Å². The highest BCUT2D eigenvalue weighted by atomic mass is 16.5. The van der Waals surface area contributed by atoms with Gasteiger partial charge in [0.2, 0.25) is 0 Å². The van der Waals surface area contributed by atoms with Gasteiger partial charge in [-0.15, -0.1) is 0 Å². The van der Waals surface area contributed by atoms with Crippen molar-refractivity contribution >= 4 is 17.5 Å². The van der Waals surface area contributed by atoms with Gasteiger partial charge in [0.15, 0.2) is 0 Å². The standard InChI is InChI=1S/C25H26N2O4/c1-16-9-14-23(31-4)21(15-16)17(2)26-25(29)20-7-5-6-8-22(20)27-24(28)18-10-12-19(30-3)13-11-18/h5-15,17H,1-4H3,(H,26,29)(H,27,28). The molecular formula is C25H26N2O4. The van der Waals surface area contributed by atoms with Crippen LogP contribution >= 0.6 is 0 Å². The van der Waals surface area contributed by atoms with Gasteiger partial charge in [-0.2, -0.15) is 0 Å². The minimum Gasteiger partial charge on any atom is -0.497 e. The van der Waals surface area contributed by atoms with Gasteiger partial charge in [-0.25, -0.2) is 0 Å². The summed E-state index contributed by atoms with van der Waals surface area (Å²) < 4.78 is 10.6. The fourth-order valence-corrected chi connectivity index (χ4v) is 3.27. The number of hydrogen-bond donors (Lipinski definition) is 2. The van der Waals surface area contributed by atoms with Gasteiger partial charge < -0.3 is 20.1 Å². The number of carbonyl (C=O) groups excluding carboxylic acids is 2. The highest BCUT2D eigenvalue weighted by Gasteiger charge is 2.18. The smallest absolute Gasteiger partial charge is 0.255 e. The number of anilines is 1. The second-order valence-electron chi connectivity index (χ2n) is 7.17. The Morgan fingerprint density at radius 1 is 0.871 bits per heavy atom. The number of amides is 2. The molecule has 1 atom stereocenters. The first kappa shape index (κ1) is 21.9. The number of carbonyl (C=O) groups is 2. The number of para-hydroxylation sites is 1. The number of ether oxygens (including phenoxy) is 2. The van der Waals surface area contributed by atoms with Crippen LogP contribution in [0.1, 0.15) is 44.8 Å². The number of hydrogen-bond acceptors (Lipinski definition) is 4. The Kier molecular flexibility index (Phi) is 6.92. The Morgan fingerprint density at radius 2 is 1.58 bits per heavy atom. The van der Waals surface area contributed by atoms with Crippen LogP contribution in [0.3, 0.4) is 0 Å². The van der Waals surface area contributed by atoms with E-state index >= 15 is 0 Å². The van der Waals surface area contributed by atoms with Crippen LogP contribution in [0.2, 0.25) is 0 Å². The molecule has 3 rings (SSSR count). The Morgan fingerprint density at radius 3 is 2.26 bits per heavy atom. The Balaban J connectivity index is 1.78. The van der Waals surface area contributed by atoms with Crippen molar-refractivity contribution < 1.29 is 19.1 Å². The minimum absolute atomic E-state index is 0.285. The molecule has 2 amide bonds. The largest absolute Gasteiger partial charge is 0.497 e. The van der Waals surface area contributed by atoms with Crippen LogP contribution in [-0.2, 0) is 0 Å². The molecule has 0 saturated carbocycles. The summed E-state index contributed by atoms with van der Waals surface area (Å²) in [6, 6.07) is 19.2. The summed E-state index contributed by atoms with van der Waals surface area (Å²) >= 11 is 0. The predicted octanol–water partition coefficient (Wildman–Crippen LogP) is 4.76. The summed E-state index contributed by atoms with van der Waals surface area (Å²) in [7, 11) is 3.17. The highest BCUT2D eigenvalue weighted by molar-refractivity contribution is 6.09. The summed E-state index contributed by atoms with van der Waals surface area (Å²) in [6.45, 7) is 3.88. The molecule has 6 nitrogen and oxygen atoms in total. The van der Waals surface area contributed by atoms with Crippen molar-refractivity contribution in [1.82, 2.24) is 5.32 Å². The first-order chi connectivity index (χ1) is 14.9. The Labute approximate surface area is 182 Å². The lowest BCUT2D eigenvalue weighted by Gasteiger charge is -2.19. The summed E-state index contributed by atoms with van der Waals surface area (Å²) in [4.78, 5) is 25.7. The molecule has 6 heteroatoms. The summed E-state index contributed by atoms with van der Waals surface area (Å²) in [5.74, 6) is 0.773. The quantitative estimate of drug-likeness (QED) is 0.580. The third-order valence-electron chi connectivity index (χ3n) is 4.97. The number of aryl methyl sites for hydroxylation is 1. The van der Waals surface area contributed by atoms with E-state index in [1.165, 1.54) is 0 Å². The molecule has 0 spiro atoms. The van der Waals surface area contributed by atoms with Crippen molar-refractivity contribution in [3.8, 4) is 11.5 Å². The fraction of sp³-hybridized carbons (Fsp3) is 0.200. The molecule has 0 bridgehead atoms. The molecule has 160 valence electrons. The molecule has 0 fully saturated rings. The second kappa shape index (κ2) is 9.80. The maximum Gasteiger partial charge on any atom is 0.255 e. The van der Waals surface area contributed by atoms with E-state index in [2.05, 4.69) is 10.6 Å². The molecule has 3 aromatic carbocycles. The lowest BCUT2D eigenvalue weighted by molar-refractivity contribution is 0.0940. The number of methoxy groups -OCH3 is 2. The molecule has 0 saturated heterocycles. The van der Waals surface area contributed by atoms with Crippen LogP contribution in [0, 0.1) is 6.92 Å². The third kappa shape index (κ3) is 5.22. The molecular weight excluding hydrogens is 392 g/mol. The zero-order valence-corrected chi connectivity index (χ0v) is 18.1. The van der Waals surface area contributed by atoms with Gasteiger partial charge in [-0.1, -0.05) is 29.8 Å². The van der Waals surface area contributed by atoms with Gasteiger partial charge >= 0.3 is 0 Å². The molecule has 2 N–H and O–H groups in total. The van der Waals surface area contributed by atoms with Crippen molar-refractivity contribution in [2.75, 3.05) is 19.5 Å². The summed E-state index contributed by atoms with van der Waals surface area (Å²) in [6.07, 6.45) is 0. The van der Waals surface area contributed by atoms with Crippen LogP contribution in [0.4, 0.5) is 5.69 Å². The van der Waals surface area contributed by atoms with E-state index in [1.54, 1.807) is 62.8 Å². The molecule has 0 aliphatic carbocycles. The Hall–Kier alpha value is -3.80. The predicted molar refractivity (Wildman–Crippen MR) is 121 cm³/mol. The SMILES string of the molecule is COc1ccc(C(=O)Nc2ccccc2C(=O)NC(C)c2cc(C)ccc2OC)cc1. The fourth-order valence-electron chi connectivity index (χ4n) is 3.27. The number of nitrogens with one attached hydrogen (secondary N) is 2. The van der Waals surface area contributed by atoms with Gasteiger partial charge in [0, 0.05) is 11.1 Å². The minimum atomic E-state index is -0.309. The van der Waals surface area contributed by atoms with Crippen molar-refractivity contribution in [3.05, 3.63) is 89.0 Å². The van der Waals surface area contributed by atoms with Crippen molar-refractivity contribution in [3.63, 3.8) is 0 Å². The third-order valence-corrected chi connectivity index (χ3v) is 4.97. The van der Waals surface area contributed by atoms with Crippen LogP contribution < -0.4 is 20.1 Å². The van der Waals surface area contributed by atoms with E-state index in [0.717, 1.165) is 11.1 Å². The summed E-state index contributed by atoms with van der Waals surface area (Å²) in [5, 5.41) is 5.82. The average molecular weight is 418 g/mol. The van der Waals surface area contributed by atoms with E-state index in [-0.39, 0.29) is 17.9 Å². The van der Waals surface area contributed by atoms with Gasteiger partial charge in [-0.3, -0.25) is 9.59 Å². The zero-order chi connectivity index (χ0) is 22.4. The molecule has 1 unspecified atom stereocenters. The van der Waals surface area contributed by atoms with Crippen LogP contribution in [-0.4, -0.2) is 26.0 Å². The van der Waals surface area contributed by atoms with Gasteiger partial charge in [0.05, 0.1) is 31.5 Å².